The highest BCUT2D eigenvalue weighted by molar-refractivity contribution is 6.33. The molecule has 2 aromatic rings. The second-order valence-electron chi connectivity index (χ2n) is 6.16. The Bertz CT molecular complexity index is 729. The van der Waals surface area contributed by atoms with E-state index in [1.807, 2.05) is 37.3 Å². The molecule has 0 aliphatic rings. The van der Waals surface area contributed by atoms with Crippen LogP contribution in [-0.2, 0) is 9.59 Å². The van der Waals surface area contributed by atoms with E-state index in [-0.39, 0.29) is 11.9 Å². The molecular formula is C19H21ClN2O2. The van der Waals surface area contributed by atoms with Gasteiger partial charge in [-0.3, -0.25) is 9.59 Å². The molecule has 0 heterocycles. The minimum Gasteiger partial charge on any atom is -0.349 e. The zero-order chi connectivity index (χ0) is 17.7. The number of carbonyl (C=O) groups is 2. The van der Waals surface area contributed by atoms with Gasteiger partial charge in [0.1, 0.15) is 5.41 Å². The standard InChI is InChI=1S/C19H21ClN2O2/c1-13(14-9-5-4-6-10-14)21-17(23)19(2,3)18(24)22-16-12-8-7-11-15(16)20/h4-13H,1-3H3,(H,21,23)(H,22,24). The summed E-state index contributed by atoms with van der Waals surface area (Å²) in [6, 6.07) is 16.3. The quantitative estimate of drug-likeness (QED) is 0.799. The lowest BCUT2D eigenvalue weighted by molar-refractivity contribution is -0.138. The molecule has 5 heteroatoms. The van der Waals surface area contributed by atoms with Gasteiger partial charge in [0.15, 0.2) is 0 Å². The highest BCUT2D eigenvalue weighted by Crippen LogP contribution is 2.25. The van der Waals surface area contributed by atoms with Gasteiger partial charge in [0.05, 0.1) is 16.8 Å². The molecule has 2 rings (SSSR count). The molecule has 0 aliphatic heterocycles. The number of para-hydroxylation sites is 1. The fourth-order valence-electron chi connectivity index (χ4n) is 2.15. The Hall–Kier alpha value is -2.33. The minimum atomic E-state index is -1.23. The molecule has 0 spiro atoms. The van der Waals surface area contributed by atoms with Crippen molar-refractivity contribution >= 4 is 29.1 Å². The third-order valence-electron chi connectivity index (χ3n) is 3.90. The van der Waals surface area contributed by atoms with Gasteiger partial charge in [-0.05, 0) is 38.5 Å². The molecule has 0 radical (unpaired) electrons. The smallest absolute Gasteiger partial charge is 0.239 e. The van der Waals surface area contributed by atoms with E-state index in [0.717, 1.165) is 5.56 Å². The van der Waals surface area contributed by atoms with Crippen molar-refractivity contribution in [1.82, 2.24) is 5.32 Å². The van der Waals surface area contributed by atoms with Gasteiger partial charge in [0.25, 0.3) is 0 Å². The Balaban J connectivity index is 2.07. The SMILES string of the molecule is CC(NC(=O)C(C)(C)C(=O)Nc1ccccc1Cl)c1ccccc1. The van der Waals surface area contributed by atoms with Crippen LogP contribution in [0.1, 0.15) is 32.4 Å². The first-order valence-electron chi connectivity index (χ1n) is 7.74. The second kappa shape index (κ2) is 7.49. The Kier molecular flexibility index (Phi) is 5.62. The molecule has 24 heavy (non-hydrogen) atoms. The van der Waals surface area contributed by atoms with Gasteiger partial charge in [-0.1, -0.05) is 54.1 Å². The van der Waals surface area contributed by atoms with Gasteiger partial charge in [0, 0.05) is 0 Å². The number of rotatable bonds is 5. The van der Waals surface area contributed by atoms with Crippen molar-refractivity contribution in [3.63, 3.8) is 0 Å². The molecule has 1 unspecified atom stereocenters. The zero-order valence-electron chi connectivity index (χ0n) is 14.0. The minimum absolute atomic E-state index is 0.189. The number of halogens is 1. The van der Waals surface area contributed by atoms with Crippen LogP contribution in [0.5, 0.6) is 0 Å². The lowest BCUT2D eigenvalue weighted by Crippen LogP contribution is -2.45. The second-order valence-corrected chi connectivity index (χ2v) is 6.57. The number of hydrogen-bond acceptors (Lipinski definition) is 2. The van der Waals surface area contributed by atoms with Crippen molar-refractivity contribution in [2.45, 2.75) is 26.8 Å². The summed E-state index contributed by atoms with van der Waals surface area (Å²) in [6.45, 7) is 5.06. The summed E-state index contributed by atoms with van der Waals surface area (Å²) < 4.78 is 0. The fourth-order valence-corrected chi connectivity index (χ4v) is 2.33. The van der Waals surface area contributed by atoms with Crippen LogP contribution in [0.4, 0.5) is 5.69 Å². The van der Waals surface area contributed by atoms with Crippen LogP contribution < -0.4 is 10.6 Å². The number of carbonyl (C=O) groups excluding carboxylic acids is 2. The summed E-state index contributed by atoms with van der Waals surface area (Å²) in [5, 5.41) is 6.03. The van der Waals surface area contributed by atoms with Crippen LogP contribution in [0.3, 0.4) is 0 Å². The van der Waals surface area contributed by atoms with E-state index < -0.39 is 11.3 Å². The van der Waals surface area contributed by atoms with Crippen LogP contribution in [0, 0.1) is 5.41 Å². The van der Waals surface area contributed by atoms with E-state index in [1.54, 1.807) is 38.1 Å². The average Bonchev–Trinajstić information content (AvgIpc) is 2.57. The van der Waals surface area contributed by atoms with Crippen molar-refractivity contribution in [2.75, 3.05) is 5.32 Å². The van der Waals surface area contributed by atoms with Crippen LogP contribution in [-0.4, -0.2) is 11.8 Å². The van der Waals surface area contributed by atoms with Crippen LogP contribution >= 0.6 is 11.6 Å². The molecule has 0 saturated heterocycles. The van der Waals surface area contributed by atoms with Crippen molar-refractivity contribution in [2.24, 2.45) is 5.41 Å². The lowest BCUT2D eigenvalue weighted by Gasteiger charge is -2.25. The lowest BCUT2D eigenvalue weighted by atomic mass is 9.90. The highest BCUT2D eigenvalue weighted by Gasteiger charge is 2.37. The molecule has 0 aliphatic carbocycles. The molecule has 2 amide bonds. The van der Waals surface area contributed by atoms with Gasteiger partial charge < -0.3 is 10.6 Å². The number of nitrogens with one attached hydrogen (secondary N) is 2. The summed E-state index contributed by atoms with van der Waals surface area (Å²) >= 11 is 6.05. The number of benzene rings is 2. The molecule has 126 valence electrons. The molecule has 0 bridgehead atoms. The zero-order valence-corrected chi connectivity index (χ0v) is 14.7. The van der Waals surface area contributed by atoms with E-state index in [2.05, 4.69) is 10.6 Å². The van der Waals surface area contributed by atoms with Gasteiger partial charge in [-0.2, -0.15) is 0 Å². The molecule has 2 aromatic carbocycles. The van der Waals surface area contributed by atoms with Crippen molar-refractivity contribution in [3.8, 4) is 0 Å². The third-order valence-corrected chi connectivity index (χ3v) is 4.23. The molecule has 0 saturated carbocycles. The van der Waals surface area contributed by atoms with Gasteiger partial charge in [0.2, 0.25) is 11.8 Å². The first-order valence-corrected chi connectivity index (χ1v) is 8.12. The Labute approximate surface area is 147 Å². The monoisotopic (exact) mass is 344 g/mol. The van der Waals surface area contributed by atoms with Gasteiger partial charge >= 0.3 is 0 Å². The maximum Gasteiger partial charge on any atom is 0.239 e. The molecule has 0 fully saturated rings. The summed E-state index contributed by atoms with van der Waals surface area (Å²) in [7, 11) is 0. The van der Waals surface area contributed by atoms with Gasteiger partial charge in [-0.15, -0.1) is 0 Å². The molecule has 2 N–H and O–H groups in total. The number of anilines is 1. The first-order chi connectivity index (χ1) is 11.3. The molecule has 4 nitrogen and oxygen atoms in total. The maximum absolute atomic E-state index is 12.6. The van der Waals surface area contributed by atoms with Crippen LogP contribution in [0.25, 0.3) is 0 Å². The van der Waals surface area contributed by atoms with E-state index in [1.165, 1.54) is 0 Å². The first kappa shape index (κ1) is 18.0. The topological polar surface area (TPSA) is 58.2 Å². The van der Waals surface area contributed by atoms with E-state index in [9.17, 15) is 9.59 Å². The summed E-state index contributed by atoms with van der Waals surface area (Å²) in [5.74, 6) is -0.753. The van der Waals surface area contributed by atoms with E-state index in [4.69, 9.17) is 11.6 Å². The summed E-state index contributed by atoms with van der Waals surface area (Å²) in [5.41, 5.74) is 0.233. The van der Waals surface area contributed by atoms with Crippen LogP contribution in [0.2, 0.25) is 5.02 Å². The predicted molar refractivity (Wildman–Crippen MR) is 96.9 cm³/mol. The van der Waals surface area contributed by atoms with Crippen LogP contribution in [0.15, 0.2) is 54.6 Å². The normalized spacial score (nSPS) is 12.3. The Morgan fingerprint density at radius 3 is 2.17 bits per heavy atom. The highest BCUT2D eigenvalue weighted by atomic mass is 35.5. The third kappa shape index (κ3) is 4.15. The van der Waals surface area contributed by atoms with E-state index >= 15 is 0 Å². The predicted octanol–water partition coefficient (Wildman–Crippen LogP) is 4.18. The maximum atomic E-state index is 12.6. The van der Waals surface area contributed by atoms with Crippen molar-refractivity contribution in [3.05, 3.63) is 65.2 Å². The van der Waals surface area contributed by atoms with E-state index in [0.29, 0.717) is 10.7 Å². The average molecular weight is 345 g/mol. The van der Waals surface area contributed by atoms with Crippen molar-refractivity contribution in [1.29, 1.82) is 0 Å². The van der Waals surface area contributed by atoms with Gasteiger partial charge in [-0.25, -0.2) is 0 Å². The largest absolute Gasteiger partial charge is 0.349 e. The number of hydrogen-bond donors (Lipinski definition) is 2. The molecule has 0 aromatic heterocycles. The molecule has 1 atom stereocenters. The molecular weight excluding hydrogens is 324 g/mol. The van der Waals surface area contributed by atoms with Crippen molar-refractivity contribution < 1.29 is 9.59 Å². The summed E-state index contributed by atoms with van der Waals surface area (Å²) in [6.07, 6.45) is 0. The Morgan fingerprint density at radius 1 is 0.958 bits per heavy atom. The number of amides is 2. The fraction of sp³-hybridized carbons (Fsp3) is 0.263. The Morgan fingerprint density at radius 2 is 1.54 bits per heavy atom. The summed E-state index contributed by atoms with van der Waals surface area (Å²) in [4.78, 5) is 25.1.